The second-order valence-electron chi connectivity index (χ2n) is 4.15. The predicted molar refractivity (Wildman–Crippen MR) is 47.2 cm³/mol. The van der Waals surface area contributed by atoms with Crippen molar-refractivity contribution in [2.45, 2.75) is 32.5 Å². The van der Waals surface area contributed by atoms with E-state index in [9.17, 15) is 4.79 Å². The number of rotatable bonds is 3. The molecule has 2 fully saturated rings. The fourth-order valence-electron chi connectivity index (χ4n) is 1.49. The zero-order valence-corrected chi connectivity index (χ0v) is 7.99. The van der Waals surface area contributed by atoms with E-state index in [0.717, 1.165) is 26.1 Å². The van der Waals surface area contributed by atoms with E-state index in [2.05, 4.69) is 6.92 Å². The molecule has 0 bridgehead atoms. The van der Waals surface area contributed by atoms with E-state index in [-0.39, 0.29) is 6.29 Å². The van der Waals surface area contributed by atoms with Crippen LogP contribution in [0, 0.1) is 11.8 Å². The first-order valence-corrected chi connectivity index (χ1v) is 5.01. The average molecular weight is 184 g/mol. The molecule has 2 rings (SSSR count). The molecule has 1 saturated heterocycles. The number of carbonyl (C=O) groups is 1. The third-order valence-corrected chi connectivity index (χ3v) is 2.53. The smallest absolute Gasteiger partial charge is 0.164 e. The molecular weight excluding hydrogens is 168 g/mol. The standard InChI is InChI=1S/C10H16O3/c1-7-5-12-10(13-6-7)4-9(11)8-2-3-8/h7-8,10H,2-6H2,1H3. The molecule has 0 N–H and O–H groups in total. The van der Waals surface area contributed by atoms with E-state index in [1.54, 1.807) is 0 Å². The normalized spacial score (nSPS) is 34.5. The number of carbonyl (C=O) groups excluding carboxylic acids is 1. The van der Waals surface area contributed by atoms with Gasteiger partial charge in [-0.15, -0.1) is 0 Å². The zero-order chi connectivity index (χ0) is 9.26. The van der Waals surface area contributed by atoms with Crippen LogP contribution < -0.4 is 0 Å². The number of Topliss-reactive ketones (excluding diaryl/α,β-unsaturated/α-hetero) is 1. The maximum atomic E-state index is 11.4. The van der Waals surface area contributed by atoms with Gasteiger partial charge in [-0.25, -0.2) is 0 Å². The molecule has 0 spiro atoms. The highest BCUT2D eigenvalue weighted by molar-refractivity contribution is 5.83. The van der Waals surface area contributed by atoms with E-state index < -0.39 is 0 Å². The first-order valence-electron chi connectivity index (χ1n) is 5.01. The number of hydrogen-bond donors (Lipinski definition) is 0. The highest BCUT2D eigenvalue weighted by Crippen LogP contribution is 2.32. The molecule has 0 aromatic rings. The monoisotopic (exact) mass is 184 g/mol. The Morgan fingerprint density at radius 1 is 1.31 bits per heavy atom. The van der Waals surface area contributed by atoms with Crippen LogP contribution in [0.15, 0.2) is 0 Å². The largest absolute Gasteiger partial charge is 0.352 e. The lowest BCUT2D eigenvalue weighted by molar-refractivity contribution is -0.200. The Balaban J connectivity index is 1.72. The van der Waals surface area contributed by atoms with Gasteiger partial charge in [0.25, 0.3) is 0 Å². The van der Waals surface area contributed by atoms with Crippen molar-refractivity contribution in [3.63, 3.8) is 0 Å². The molecule has 74 valence electrons. The van der Waals surface area contributed by atoms with Crippen molar-refractivity contribution < 1.29 is 14.3 Å². The van der Waals surface area contributed by atoms with Gasteiger partial charge in [-0.2, -0.15) is 0 Å². The van der Waals surface area contributed by atoms with Crippen LogP contribution in [0.1, 0.15) is 26.2 Å². The summed E-state index contributed by atoms with van der Waals surface area (Å²) in [6.45, 7) is 3.53. The molecular formula is C10H16O3. The Labute approximate surface area is 78.4 Å². The molecule has 3 nitrogen and oxygen atoms in total. The summed E-state index contributed by atoms with van der Waals surface area (Å²) in [5, 5.41) is 0. The van der Waals surface area contributed by atoms with E-state index in [1.165, 1.54) is 0 Å². The lowest BCUT2D eigenvalue weighted by Crippen LogP contribution is -2.32. The Morgan fingerprint density at radius 2 is 1.92 bits per heavy atom. The highest BCUT2D eigenvalue weighted by Gasteiger charge is 2.32. The third kappa shape index (κ3) is 2.51. The summed E-state index contributed by atoms with van der Waals surface area (Å²) in [5.41, 5.74) is 0. The van der Waals surface area contributed by atoms with Gasteiger partial charge in [0.05, 0.1) is 19.6 Å². The van der Waals surface area contributed by atoms with Gasteiger partial charge in [-0.3, -0.25) is 4.79 Å². The molecule has 0 radical (unpaired) electrons. The van der Waals surface area contributed by atoms with Crippen molar-refractivity contribution in [3.05, 3.63) is 0 Å². The van der Waals surface area contributed by atoms with E-state index in [0.29, 0.717) is 24.0 Å². The highest BCUT2D eigenvalue weighted by atomic mass is 16.7. The van der Waals surface area contributed by atoms with Crippen LogP contribution in [0.4, 0.5) is 0 Å². The maximum Gasteiger partial charge on any atom is 0.164 e. The molecule has 2 aliphatic rings. The number of ether oxygens (including phenoxy) is 2. The van der Waals surface area contributed by atoms with Gasteiger partial charge < -0.3 is 9.47 Å². The fraction of sp³-hybridized carbons (Fsp3) is 0.900. The average Bonchev–Trinajstić information content (AvgIpc) is 2.91. The molecule has 1 heterocycles. The van der Waals surface area contributed by atoms with Crippen molar-refractivity contribution in [1.82, 2.24) is 0 Å². The van der Waals surface area contributed by atoms with Gasteiger partial charge >= 0.3 is 0 Å². The van der Waals surface area contributed by atoms with Crippen LogP contribution in [-0.2, 0) is 14.3 Å². The second kappa shape index (κ2) is 3.76. The van der Waals surface area contributed by atoms with Crippen molar-refractivity contribution in [1.29, 1.82) is 0 Å². The molecule has 0 unspecified atom stereocenters. The van der Waals surface area contributed by atoms with Gasteiger partial charge in [-0.05, 0) is 12.8 Å². The van der Waals surface area contributed by atoms with E-state index in [4.69, 9.17) is 9.47 Å². The van der Waals surface area contributed by atoms with Gasteiger partial charge in [0.15, 0.2) is 6.29 Å². The van der Waals surface area contributed by atoms with E-state index in [1.807, 2.05) is 0 Å². The van der Waals surface area contributed by atoms with Crippen LogP contribution in [-0.4, -0.2) is 25.3 Å². The topological polar surface area (TPSA) is 35.5 Å². The Morgan fingerprint density at radius 3 is 2.46 bits per heavy atom. The summed E-state index contributed by atoms with van der Waals surface area (Å²) < 4.78 is 10.8. The summed E-state index contributed by atoms with van der Waals surface area (Å²) >= 11 is 0. The summed E-state index contributed by atoms with van der Waals surface area (Å²) in [6.07, 6.45) is 2.34. The van der Waals surface area contributed by atoms with Crippen LogP contribution in [0.2, 0.25) is 0 Å². The Bertz CT molecular complexity index is 190. The number of ketones is 1. The minimum Gasteiger partial charge on any atom is -0.352 e. The van der Waals surface area contributed by atoms with Crippen molar-refractivity contribution in [2.75, 3.05) is 13.2 Å². The minimum atomic E-state index is -0.260. The van der Waals surface area contributed by atoms with Crippen LogP contribution in [0.25, 0.3) is 0 Å². The first-order chi connectivity index (χ1) is 6.25. The second-order valence-corrected chi connectivity index (χ2v) is 4.15. The lowest BCUT2D eigenvalue weighted by atomic mass is 10.1. The third-order valence-electron chi connectivity index (χ3n) is 2.53. The Hall–Kier alpha value is -0.410. The first kappa shape index (κ1) is 9.16. The summed E-state index contributed by atoms with van der Waals surface area (Å²) in [7, 11) is 0. The van der Waals surface area contributed by atoms with E-state index >= 15 is 0 Å². The Kier molecular flexibility index (Phi) is 2.65. The van der Waals surface area contributed by atoms with Gasteiger partial charge in [0.1, 0.15) is 5.78 Å². The van der Waals surface area contributed by atoms with Crippen LogP contribution in [0.3, 0.4) is 0 Å². The minimum absolute atomic E-state index is 0.260. The van der Waals surface area contributed by atoms with Gasteiger partial charge in [0, 0.05) is 11.8 Å². The molecule has 1 aliphatic carbocycles. The van der Waals surface area contributed by atoms with Crippen molar-refractivity contribution in [2.24, 2.45) is 11.8 Å². The molecule has 0 amide bonds. The molecule has 0 atom stereocenters. The fourth-order valence-corrected chi connectivity index (χ4v) is 1.49. The number of hydrogen-bond acceptors (Lipinski definition) is 3. The zero-order valence-electron chi connectivity index (χ0n) is 7.99. The maximum absolute atomic E-state index is 11.4. The SMILES string of the molecule is CC1COC(CC(=O)C2CC2)OC1. The summed E-state index contributed by atoms with van der Waals surface area (Å²) in [5.74, 6) is 1.11. The summed E-state index contributed by atoms with van der Waals surface area (Å²) in [4.78, 5) is 11.4. The van der Waals surface area contributed by atoms with Crippen LogP contribution in [0.5, 0.6) is 0 Å². The van der Waals surface area contributed by atoms with Gasteiger partial charge in [-0.1, -0.05) is 6.92 Å². The molecule has 1 saturated carbocycles. The molecule has 0 aromatic carbocycles. The predicted octanol–water partition coefficient (Wildman–Crippen LogP) is 1.36. The van der Waals surface area contributed by atoms with Crippen molar-refractivity contribution >= 4 is 5.78 Å². The molecule has 1 aliphatic heterocycles. The molecule has 0 aromatic heterocycles. The molecule has 3 heteroatoms. The summed E-state index contributed by atoms with van der Waals surface area (Å²) in [6, 6.07) is 0. The van der Waals surface area contributed by atoms with Gasteiger partial charge in [0.2, 0.25) is 0 Å². The van der Waals surface area contributed by atoms with Crippen LogP contribution >= 0.6 is 0 Å². The quantitative estimate of drug-likeness (QED) is 0.664. The molecule has 13 heavy (non-hydrogen) atoms. The lowest BCUT2D eigenvalue weighted by Gasteiger charge is -2.26. The van der Waals surface area contributed by atoms with Crippen molar-refractivity contribution in [3.8, 4) is 0 Å².